The highest BCUT2D eigenvalue weighted by Crippen LogP contribution is 2.38. The molecule has 3 aromatic rings. The molecule has 0 aromatic heterocycles. The minimum absolute atomic E-state index is 0.164. The molecule has 0 spiro atoms. The van der Waals surface area contributed by atoms with Gasteiger partial charge in [-0.2, -0.15) is 0 Å². The van der Waals surface area contributed by atoms with Gasteiger partial charge in [0.1, 0.15) is 5.75 Å². The molecular weight excluding hydrogens is 476 g/mol. The van der Waals surface area contributed by atoms with Crippen molar-refractivity contribution in [3.63, 3.8) is 0 Å². The Morgan fingerprint density at radius 3 is 2.00 bits per heavy atom. The molecule has 0 atom stereocenters. The van der Waals surface area contributed by atoms with Gasteiger partial charge >= 0.3 is 5.97 Å². The zero-order valence-corrected chi connectivity index (χ0v) is 19.3. The average Bonchev–Trinajstić information content (AvgIpc) is 2.82. The first kappa shape index (κ1) is 23.1. The molecule has 0 saturated carbocycles. The lowest BCUT2D eigenvalue weighted by molar-refractivity contribution is 0.0733. The number of benzene rings is 3. The van der Waals surface area contributed by atoms with Crippen molar-refractivity contribution >= 4 is 33.8 Å². The van der Waals surface area contributed by atoms with E-state index in [-0.39, 0.29) is 11.3 Å². The van der Waals surface area contributed by atoms with Crippen LogP contribution in [0.4, 0.5) is 0 Å². The van der Waals surface area contributed by atoms with Crippen LogP contribution in [-0.2, 0) is 0 Å². The lowest BCUT2D eigenvalue weighted by Gasteiger charge is -2.14. The van der Waals surface area contributed by atoms with Crippen LogP contribution in [0.25, 0.3) is 6.08 Å². The molecule has 0 aliphatic heterocycles. The molecule has 164 valence electrons. The average molecular weight is 497 g/mol. The number of esters is 1. The molecule has 0 heterocycles. The molecule has 32 heavy (non-hydrogen) atoms. The van der Waals surface area contributed by atoms with Crippen molar-refractivity contribution in [1.82, 2.24) is 0 Å². The van der Waals surface area contributed by atoms with Crippen LogP contribution in [0, 0.1) is 0 Å². The van der Waals surface area contributed by atoms with Crippen molar-refractivity contribution in [2.75, 3.05) is 21.3 Å². The Kier molecular flexibility index (Phi) is 7.68. The number of carbonyl (C=O) groups excluding carboxylic acids is 2. The van der Waals surface area contributed by atoms with Crippen molar-refractivity contribution in [2.45, 2.75) is 0 Å². The molecule has 6 nitrogen and oxygen atoms in total. The minimum atomic E-state index is -0.607. The van der Waals surface area contributed by atoms with E-state index in [1.54, 1.807) is 54.6 Å². The van der Waals surface area contributed by atoms with Crippen LogP contribution >= 0.6 is 15.9 Å². The van der Waals surface area contributed by atoms with E-state index in [1.165, 1.54) is 39.5 Å². The molecule has 0 unspecified atom stereocenters. The van der Waals surface area contributed by atoms with Gasteiger partial charge in [0.2, 0.25) is 5.75 Å². The van der Waals surface area contributed by atoms with Gasteiger partial charge in [0.25, 0.3) is 0 Å². The lowest BCUT2D eigenvalue weighted by atomic mass is 10.1. The number of ketones is 1. The predicted octanol–water partition coefficient (Wildman–Crippen LogP) is 5.59. The summed E-state index contributed by atoms with van der Waals surface area (Å²) in [4.78, 5) is 25.3. The molecule has 3 rings (SSSR count). The number of para-hydroxylation sites is 1. The largest absolute Gasteiger partial charge is 0.493 e. The number of halogens is 1. The summed E-state index contributed by atoms with van der Waals surface area (Å²) in [6, 6.07) is 17.0. The second kappa shape index (κ2) is 10.6. The number of methoxy groups -OCH3 is 3. The third kappa shape index (κ3) is 5.36. The molecule has 0 amide bonds. The van der Waals surface area contributed by atoms with Crippen LogP contribution in [0.5, 0.6) is 23.0 Å². The van der Waals surface area contributed by atoms with Crippen LogP contribution in [0.15, 0.2) is 71.2 Å². The first-order chi connectivity index (χ1) is 15.5. The van der Waals surface area contributed by atoms with Crippen LogP contribution in [0.1, 0.15) is 26.3 Å². The first-order valence-corrected chi connectivity index (χ1v) is 10.3. The van der Waals surface area contributed by atoms with E-state index in [2.05, 4.69) is 15.9 Å². The van der Waals surface area contributed by atoms with Gasteiger partial charge in [0.05, 0.1) is 26.9 Å². The summed E-state index contributed by atoms with van der Waals surface area (Å²) in [7, 11) is 4.42. The second-order valence-corrected chi connectivity index (χ2v) is 7.46. The van der Waals surface area contributed by atoms with Crippen LogP contribution in [0.2, 0.25) is 0 Å². The third-order valence-corrected chi connectivity index (χ3v) is 5.09. The summed E-state index contributed by atoms with van der Waals surface area (Å²) in [5.41, 5.74) is 1.36. The standard InChI is InChI=1S/C25H21BrO6/c1-29-22-14-18(15-23(30-2)24(22)31-3)25(28)32-21-7-5-4-6-17(21)10-13-20(27)16-8-11-19(26)12-9-16/h4-15H,1-3H3. The predicted molar refractivity (Wildman–Crippen MR) is 125 cm³/mol. The summed E-state index contributed by atoms with van der Waals surface area (Å²) in [6.45, 7) is 0. The number of hydrogen-bond acceptors (Lipinski definition) is 6. The van der Waals surface area contributed by atoms with Gasteiger partial charge in [-0.3, -0.25) is 4.79 Å². The molecule has 0 saturated heterocycles. The maximum Gasteiger partial charge on any atom is 0.343 e. The summed E-state index contributed by atoms with van der Waals surface area (Å²) >= 11 is 3.35. The van der Waals surface area contributed by atoms with E-state index in [0.717, 1.165) is 4.47 Å². The Morgan fingerprint density at radius 1 is 0.781 bits per heavy atom. The third-order valence-electron chi connectivity index (χ3n) is 4.57. The van der Waals surface area contributed by atoms with Crippen molar-refractivity contribution in [1.29, 1.82) is 0 Å². The van der Waals surface area contributed by atoms with E-state index in [4.69, 9.17) is 18.9 Å². The topological polar surface area (TPSA) is 71.1 Å². The fourth-order valence-electron chi connectivity index (χ4n) is 2.94. The fraction of sp³-hybridized carbons (Fsp3) is 0.120. The summed E-state index contributed by atoms with van der Waals surface area (Å²) < 4.78 is 22.4. The normalized spacial score (nSPS) is 10.6. The molecule has 3 aromatic carbocycles. The Hall–Kier alpha value is -3.58. The molecule has 0 bridgehead atoms. The lowest BCUT2D eigenvalue weighted by Crippen LogP contribution is -2.10. The SMILES string of the molecule is COc1cc(C(=O)Oc2ccccc2C=CC(=O)c2ccc(Br)cc2)cc(OC)c1OC. The van der Waals surface area contributed by atoms with Gasteiger partial charge in [0, 0.05) is 15.6 Å². The summed E-state index contributed by atoms with van der Waals surface area (Å²) in [6.07, 6.45) is 3.05. The van der Waals surface area contributed by atoms with Crippen molar-refractivity contribution in [3.05, 3.63) is 87.9 Å². The maximum absolute atomic E-state index is 12.8. The Labute approximate surface area is 194 Å². The van der Waals surface area contributed by atoms with Gasteiger partial charge in [0.15, 0.2) is 17.3 Å². The van der Waals surface area contributed by atoms with E-state index < -0.39 is 5.97 Å². The zero-order valence-electron chi connectivity index (χ0n) is 17.8. The number of hydrogen-bond donors (Lipinski definition) is 0. The minimum Gasteiger partial charge on any atom is -0.493 e. The van der Waals surface area contributed by atoms with Crippen molar-refractivity contribution in [2.24, 2.45) is 0 Å². The number of rotatable bonds is 8. The molecule has 0 aliphatic carbocycles. The summed E-state index contributed by atoms with van der Waals surface area (Å²) in [5.74, 6) is 0.596. The Balaban J connectivity index is 1.84. The number of ether oxygens (including phenoxy) is 4. The zero-order chi connectivity index (χ0) is 23.1. The second-order valence-electron chi connectivity index (χ2n) is 6.55. The Morgan fingerprint density at radius 2 is 1.41 bits per heavy atom. The number of carbonyl (C=O) groups is 2. The van der Waals surface area contributed by atoms with E-state index in [0.29, 0.717) is 34.1 Å². The van der Waals surface area contributed by atoms with Crippen LogP contribution in [-0.4, -0.2) is 33.1 Å². The van der Waals surface area contributed by atoms with Crippen LogP contribution in [0.3, 0.4) is 0 Å². The molecular formula is C25H21BrO6. The fourth-order valence-corrected chi connectivity index (χ4v) is 3.21. The molecule has 0 radical (unpaired) electrons. The van der Waals surface area contributed by atoms with Gasteiger partial charge in [-0.25, -0.2) is 4.79 Å². The molecule has 7 heteroatoms. The van der Waals surface area contributed by atoms with E-state index >= 15 is 0 Å². The van der Waals surface area contributed by atoms with Crippen LogP contribution < -0.4 is 18.9 Å². The van der Waals surface area contributed by atoms with E-state index in [9.17, 15) is 9.59 Å². The highest BCUT2D eigenvalue weighted by molar-refractivity contribution is 9.10. The Bertz CT molecular complexity index is 1130. The first-order valence-electron chi connectivity index (χ1n) is 9.56. The smallest absolute Gasteiger partial charge is 0.343 e. The van der Waals surface area contributed by atoms with Crippen molar-refractivity contribution < 1.29 is 28.5 Å². The quantitative estimate of drug-likeness (QED) is 0.175. The molecule has 0 aliphatic rings. The highest BCUT2D eigenvalue weighted by atomic mass is 79.9. The van der Waals surface area contributed by atoms with Gasteiger partial charge in [-0.1, -0.05) is 34.1 Å². The maximum atomic E-state index is 12.8. The van der Waals surface area contributed by atoms with E-state index in [1.807, 2.05) is 0 Å². The molecule has 0 fully saturated rings. The van der Waals surface area contributed by atoms with Gasteiger partial charge < -0.3 is 18.9 Å². The molecule has 0 N–H and O–H groups in total. The summed E-state index contributed by atoms with van der Waals surface area (Å²) in [5, 5.41) is 0. The highest BCUT2D eigenvalue weighted by Gasteiger charge is 2.19. The number of allylic oxidation sites excluding steroid dienone is 1. The van der Waals surface area contributed by atoms with Crippen molar-refractivity contribution in [3.8, 4) is 23.0 Å². The van der Waals surface area contributed by atoms with Gasteiger partial charge in [-0.15, -0.1) is 0 Å². The van der Waals surface area contributed by atoms with Gasteiger partial charge in [-0.05, 0) is 54.6 Å². The monoisotopic (exact) mass is 496 g/mol.